The molecule has 320 valence electrons. The molecule has 4 fully saturated rings. The van der Waals surface area contributed by atoms with E-state index in [1.54, 1.807) is 0 Å². The molecule has 5 N–H and O–H groups in total. The molecule has 4 saturated carbocycles. The molecule has 6 unspecified atom stereocenters. The summed E-state index contributed by atoms with van der Waals surface area (Å²) in [5.74, 6) is 1.68. The van der Waals surface area contributed by atoms with E-state index in [0.29, 0.717) is 48.3 Å². The van der Waals surface area contributed by atoms with Gasteiger partial charge >= 0.3 is 5.97 Å². The number of amides is 1. The highest BCUT2D eigenvalue weighted by Gasteiger charge is 2.62. The lowest BCUT2D eigenvalue weighted by Crippen LogP contribution is -2.58. The van der Waals surface area contributed by atoms with Crippen LogP contribution < -0.4 is 10.6 Å². The van der Waals surface area contributed by atoms with Crippen LogP contribution in [0.2, 0.25) is 0 Å². The summed E-state index contributed by atoms with van der Waals surface area (Å²) in [6.45, 7) is 11.5. The Kier molecular flexibility index (Phi) is 20.3. The lowest BCUT2D eigenvalue weighted by Gasteiger charge is -2.62. The summed E-state index contributed by atoms with van der Waals surface area (Å²) in [7, 11) is 0. The SMILES string of the molecule is CCCCCCCCCCCCCCCCCCNCCCCC(NC(=O)CC[C@H](C)C1CCC2C3C(CC[C@@]21C)[C@@]1(C)CC[C@@H](O)CC1C[C@@H]3O)C(=O)O. The number of carboxylic acids is 1. The maximum absolute atomic E-state index is 13.0. The molecule has 0 saturated heterocycles. The van der Waals surface area contributed by atoms with E-state index in [2.05, 4.69) is 38.3 Å². The van der Waals surface area contributed by atoms with Crippen LogP contribution in [0.4, 0.5) is 0 Å². The van der Waals surface area contributed by atoms with Gasteiger partial charge in [-0.3, -0.25) is 4.79 Å². The van der Waals surface area contributed by atoms with Crippen LogP contribution in [0, 0.1) is 46.3 Å². The molecular weight excluding hydrogens is 685 g/mol. The fourth-order valence-electron chi connectivity index (χ4n) is 12.8. The van der Waals surface area contributed by atoms with Crippen LogP contribution >= 0.6 is 0 Å². The van der Waals surface area contributed by atoms with Gasteiger partial charge in [0.1, 0.15) is 6.04 Å². The van der Waals surface area contributed by atoms with Crippen LogP contribution in [0.1, 0.15) is 214 Å². The fourth-order valence-corrected chi connectivity index (χ4v) is 12.8. The van der Waals surface area contributed by atoms with Gasteiger partial charge in [0, 0.05) is 6.42 Å². The highest BCUT2D eigenvalue weighted by atomic mass is 16.4. The molecule has 0 aromatic heterocycles. The molecule has 1 amide bonds. The summed E-state index contributed by atoms with van der Waals surface area (Å²) in [5.41, 5.74) is 0.410. The second-order valence-corrected chi connectivity index (χ2v) is 20.0. The van der Waals surface area contributed by atoms with Crippen molar-refractivity contribution in [3.8, 4) is 0 Å². The molecule has 4 aliphatic rings. The molecule has 0 bridgehead atoms. The van der Waals surface area contributed by atoms with E-state index in [1.807, 2.05) is 0 Å². The molecule has 0 aliphatic heterocycles. The Morgan fingerprint density at radius 1 is 0.673 bits per heavy atom. The number of aliphatic carboxylic acids is 1. The number of rotatable bonds is 28. The van der Waals surface area contributed by atoms with E-state index in [1.165, 1.54) is 109 Å². The van der Waals surface area contributed by atoms with Crippen LogP contribution in [0.3, 0.4) is 0 Å². The van der Waals surface area contributed by atoms with Gasteiger partial charge in [0.05, 0.1) is 12.2 Å². The maximum Gasteiger partial charge on any atom is 0.326 e. The molecule has 0 heterocycles. The second kappa shape index (κ2) is 24.0. The van der Waals surface area contributed by atoms with Gasteiger partial charge < -0.3 is 26.0 Å². The monoisotopic (exact) mass is 773 g/mol. The van der Waals surface area contributed by atoms with E-state index in [4.69, 9.17) is 0 Å². The zero-order valence-electron chi connectivity index (χ0n) is 36.3. The van der Waals surface area contributed by atoms with Gasteiger partial charge in [-0.1, -0.05) is 124 Å². The zero-order valence-corrected chi connectivity index (χ0v) is 36.3. The third-order valence-electron chi connectivity index (χ3n) is 16.2. The second-order valence-electron chi connectivity index (χ2n) is 20.0. The van der Waals surface area contributed by atoms with E-state index in [-0.39, 0.29) is 28.9 Å². The van der Waals surface area contributed by atoms with Gasteiger partial charge in [-0.05, 0) is 143 Å². The van der Waals surface area contributed by atoms with Crippen LogP contribution in [0.25, 0.3) is 0 Å². The first-order chi connectivity index (χ1) is 26.5. The first kappa shape index (κ1) is 46.5. The first-order valence-electron chi connectivity index (χ1n) is 24.1. The van der Waals surface area contributed by atoms with Crippen LogP contribution in [0.15, 0.2) is 0 Å². The van der Waals surface area contributed by atoms with Crippen molar-refractivity contribution in [2.45, 2.75) is 232 Å². The Hall–Kier alpha value is -1.18. The molecule has 4 rings (SSSR count). The topological polar surface area (TPSA) is 119 Å². The van der Waals surface area contributed by atoms with E-state index < -0.39 is 12.0 Å². The highest BCUT2D eigenvalue weighted by Crippen LogP contribution is 2.68. The van der Waals surface area contributed by atoms with Crippen LogP contribution in [-0.4, -0.2) is 58.5 Å². The van der Waals surface area contributed by atoms with Crippen molar-refractivity contribution in [1.29, 1.82) is 0 Å². The largest absolute Gasteiger partial charge is 0.480 e. The molecule has 7 nitrogen and oxygen atoms in total. The standard InChI is InChI=1S/C48H88N2O5/c1-5-6-7-8-9-10-11-12-13-14-15-16-17-18-19-21-32-49-33-22-20-23-42(46(54)55)50-44(53)27-24-36(2)39-25-26-40-45-41(29-31-48(39,40)4)47(3)30-28-38(51)34-37(47)35-43(45)52/h36-43,45,49,51-52H,5-35H2,1-4H3,(H,50,53)(H,54,55)/t36-,37?,38+,39?,40?,41?,42?,43-,45?,47-,48+/m0/s1. The number of carboxylic acid groups (broad SMARTS) is 1. The van der Waals surface area contributed by atoms with Gasteiger partial charge in [-0.25, -0.2) is 4.79 Å². The predicted molar refractivity (Wildman–Crippen MR) is 227 cm³/mol. The summed E-state index contributed by atoms with van der Waals surface area (Å²) in [4.78, 5) is 25.1. The summed E-state index contributed by atoms with van der Waals surface area (Å²) in [6.07, 6.45) is 33.3. The van der Waals surface area contributed by atoms with Crippen molar-refractivity contribution >= 4 is 11.9 Å². The average molecular weight is 773 g/mol. The van der Waals surface area contributed by atoms with Crippen molar-refractivity contribution < 1.29 is 24.9 Å². The number of fused-ring (bicyclic) bond motifs is 5. The third kappa shape index (κ3) is 13.7. The van der Waals surface area contributed by atoms with Crippen molar-refractivity contribution in [2.75, 3.05) is 13.1 Å². The summed E-state index contributed by atoms with van der Waals surface area (Å²) in [6, 6.07) is -0.814. The molecular formula is C48H88N2O5. The predicted octanol–water partition coefficient (Wildman–Crippen LogP) is 11.0. The molecule has 0 spiro atoms. The summed E-state index contributed by atoms with van der Waals surface area (Å²) >= 11 is 0. The van der Waals surface area contributed by atoms with Crippen molar-refractivity contribution in [2.24, 2.45) is 46.3 Å². The van der Waals surface area contributed by atoms with Gasteiger partial charge in [0.2, 0.25) is 5.91 Å². The number of hydrogen-bond donors (Lipinski definition) is 5. The average Bonchev–Trinajstić information content (AvgIpc) is 3.51. The minimum Gasteiger partial charge on any atom is -0.480 e. The molecule has 55 heavy (non-hydrogen) atoms. The van der Waals surface area contributed by atoms with Gasteiger partial charge in [-0.2, -0.15) is 0 Å². The smallest absolute Gasteiger partial charge is 0.326 e. The molecule has 0 aromatic rings. The van der Waals surface area contributed by atoms with E-state index in [9.17, 15) is 24.9 Å². The Bertz CT molecular complexity index is 1100. The zero-order chi connectivity index (χ0) is 39.7. The van der Waals surface area contributed by atoms with Gasteiger partial charge in [0.15, 0.2) is 0 Å². The first-order valence-corrected chi connectivity index (χ1v) is 24.1. The minimum absolute atomic E-state index is 0.134. The van der Waals surface area contributed by atoms with Crippen molar-refractivity contribution in [3.63, 3.8) is 0 Å². The number of unbranched alkanes of at least 4 members (excludes halogenated alkanes) is 16. The third-order valence-corrected chi connectivity index (χ3v) is 16.2. The van der Waals surface area contributed by atoms with Gasteiger partial charge in [-0.15, -0.1) is 0 Å². The number of carbonyl (C=O) groups is 2. The fraction of sp³-hybridized carbons (Fsp3) is 0.958. The molecule has 0 radical (unpaired) electrons. The van der Waals surface area contributed by atoms with Crippen molar-refractivity contribution in [3.05, 3.63) is 0 Å². The van der Waals surface area contributed by atoms with E-state index >= 15 is 0 Å². The quantitative estimate of drug-likeness (QED) is 0.0505. The number of aliphatic hydroxyl groups is 2. The normalized spacial score (nSPS) is 32.7. The minimum atomic E-state index is -0.931. The molecule has 4 aliphatic carbocycles. The number of aliphatic hydroxyl groups excluding tert-OH is 2. The van der Waals surface area contributed by atoms with Crippen LogP contribution in [-0.2, 0) is 9.59 Å². The number of hydrogen-bond acceptors (Lipinski definition) is 5. The Balaban J connectivity index is 1.02. The highest BCUT2D eigenvalue weighted by molar-refractivity contribution is 5.83. The Labute approximate surface area is 338 Å². The lowest BCUT2D eigenvalue weighted by molar-refractivity contribution is -0.174. The Morgan fingerprint density at radius 2 is 1.22 bits per heavy atom. The molecule has 0 aromatic carbocycles. The van der Waals surface area contributed by atoms with Gasteiger partial charge in [0.25, 0.3) is 0 Å². The number of nitrogens with one attached hydrogen (secondary N) is 2. The lowest BCUT2D eigenvalue weighted by atomic mass is 9.43. The van der Waals surface area contributed by atoms with Crippen molar-refractivity contribution in [1.82, 2.24) is 10.6 Å². The summed E-state index contributed by atoms with van der Waals surface area (Å²) in [5, 5.41) is 38.2. The summed E-state index contributed by atoms with van der Waals surface area (Å²) < 4.78 is 0. The maximum atomic E-state index is 13.0. The Morgan fingerprint density at radius 3 is 1.82 bits per heavy atom. The molecule has 11 atom stereocenters. The number of carbonyl (C=O) groups excluding carboxylic acids is 1. The van der Waals surface area contributed by atoms with E-state index in [0.717, 1.165) is 77.3 Å². The molecule has 7 heteroatoms. The van der Waals surface area contributed by atoms with Crippen LogP contribution in [0.5, 0.6) is 0 Å².